The van der Waals surface area contributed by atoms with Crippen LogP contribution in [0.4, 0.5) is 14.9 Å². The summed E-state index contributed by atoms with van der Waals surface area (Å²) in [4.78, 5) is 55.4. The maximum absolute atomic E-state index is 13.9. The zero-order valence-corrected chi connectivity index (χ0v) is 23.7. The summed E-state index contributed by atoms with van der Waals surface area (Å²) in [5, 5.41) is 2.77. The van der Waals surface area contributed by atoms with E-state index in [0.717, 1.165) is 34.4 Å². The summed E-state index contributed by atoms with van der Waals surface area (Å²) in [6.45, 7) is 2.93. The fourth-order valence-corrected chi connectivity index (χ4v) is 5.83. The van der Waals surface area contributed by atoms with Crippen molar-refractivity contribution in [2.75, 3.05) is 11.9 Å². The van der Waals surface area contributed by atoms with Gasteiger partial charge in [-0.3, -0.25) is 14.4 Å². The van der Waals surface area contributed by atoms with Crippen molar-refractivity contribution in [3.63, 3.8) is 0 Å². The highest BCUT2D eigenvalue weighted by Gasteiger charge is 2.58. The highest BCUT2D eigenvalue weighted by molar-refractivity contribution is 6.06. The van der Waals surface area contributed by atoms with E-state index in [0.29, 0.717) is 36.4 Å². The first-order valence-electron chi connectivity index (χ1n) is 14.3. The Kier molecular flexibility index (Phi) is 6.81. The number of nitrogens with zero attached hydrogens (tertiary/aromatic N) is 2. The van der Waals surface area contributed by atoms with Crippen molar-refractivity contribution < 1.29 is 28.3 Å². The summed E-state index contributed by atoms with van der Waals surface area (Å²) in [7, 11) is 0. The average Bonchev–Trinajstić information content (AvgIpc) is 3.69. The van der Waals surface area contributed by atoms with E-state index in [1.54, 1.807) is 43.0 Å². The van der Waals surface area contributed by atoms with Crippen molar-refractivity contribution in [1.29, 1.82) is 0 Å². The molecule has 2 fully saturated rings. The first-order valence-corrected chi connectivity index (χ1v) is 14.3. The quantitative estimate of drug-likeness (QED) is 0.542. The van der Waals surface area contributed by atoms with Gasteiger partial charge in [0.1, 0.15) is 12.4 Å². The summed E-state index contributed by atoms with van der Waals surface area (Å²) in [6.07, 6.45) is 2.97. The average molecular weight is 573 g/mol. The van der Waals surface area contributed by atoms with Gasteiger partial charge in [-0.05, 0) is 86.9 Å². The summed E-state index contributed by atoms with van der Waals surface area (Å²) >= 11 is 0. The van der Waals surface area contributed by atoms with Gasteiger partial charge in [-0.25, -0.2) is 14.1 Å². The largest absolute Gasteiger partial charge is 0.427 e. The number of aryl methyl sites for hydroxylation is 2. The Bertz CT molecular complexity index is 1570. The highest BCUT2D eigenvalue weighted by Crippen LogP contribution is 2.46. The van der Waals surface area contributed by atoms with Crippen LogP contribution in [0.15, 0.2) is 36.4 Å². The second-order valence-electron chi connectivity index (χ2n) is 12.2. The van der Waals surface area contributed by atoms with Gasteiger partial charge in [0.25, 0.3) is 5.91 Å². The molecule has 1 unspecified atom stereocenters. The van der Waals surface area contributed by atoms with Crippen molar-refractivity contribution in [1.82, 2.24) is 9.80 Å². The number of hydrogen-bond donors (Lipinski definition) is 2. The second-order valence-corrected chi connectivity index (χ2v) is 12.2. The Hall–Kier alpha value is -4.23. The third-order valence-corrected chi connectivity index (χ3v) is 8.42. The van der Waals surface area contributed by atoms with E-state index in [1.807, 2.05) is 0 Å². The van der Waals surface area contributed by atoms with Crippen LogP contribution in [0.25, 0.3) is 0 Å². The molecule has 2 aromatic rings. The molecule has 2 aromatic carbocycles. The molecular weight excluding hydrogens is 539 g/mol. The number of nitrogens with one attached hydrogen (secondary N) is 1. The standard InChI is InChI=1S/C32H33FN4O5/c1-31(2,34)28(39)35-24-9-12-26-21(16-24)13-14-32(26)29(40)37(30(41)42-32)18-27(38)36-17-22-6-8-23(33)15-20(22)7-11-25(36)10-5-19-3-4-19/h6,8-9,12,15-16,19,25H,3-4,7,11,13-14,17-18,34H2,1-2H3,(H,35,39)/t25?,32-/m0/s1. The Balaban J connectivity index is 1.22. The molecule has 1 saturated carbocycles. The molecule has 1 saturated heterocycles. The minimum absolute atomic E-state index is 0.206. The van der Waals surface area contributed by atoms with E-state index in [-0.39, 0.29) is 24.7 Å². The van der Waals surface area contributed by atoms with E-state index in [1.165, 1.54) is 12.1 Å². The molecule has 0 radical (unpaired) electrons. The monoisotopic (exact) mass is 572 g/mol. The Labute approximate surface area is 243 Å². The Morgan fingerprint density at radius 2 is 1.86 bits per heavy atom. The number of benzene rings is 2. The van der Waals surface area contributed by atoms with Crippen molar-refractivity contribution in [3.8, 4) is 11.8 Å². The van der Waals surface area contributed by atoms with Gasteiger partial charge in [-0.15, -0.1) is 0 Å². The number of ether oxygens (including phenoxy) is 1. The zero-order valence-electron chi connectivity index (χ0n) is 23.7. The maximum Gasteiger partial charge on any atom is 0.418 e. The first kappa shape index (κ1) is 27.9. The number of imide groups is 1. The van der Waals surface area contributed by atoms with Crippen molar-refractivity contribution in [2.24, 2.45) is 11.7 Å². The van der Waals surface area contributed by atoms with Gasteiger partial charge in [0.05, 0.1) is 11.6 Å². The van der Waals surface area contributed by atoms with E-state index >= 15 is 0 Å². The van der Waals surface area contributed by atoms with E-state index in [9.17, 15) is 23.6 Å². The van der Waals surface area contributed by atoms with Crippen LogP contribution in [0.1, 0.15) is 61.8 Å². The number of amides is 4. The van der Waals surface area contributed by atoms with E-state index < -0.39 is 41.6 Å². The number of fused-ring (bicyclic) bond motifs is 3. The van der Waals surface area contributed by atoms with E-state index in [2.05, 4.69) is 17.2 Å². The third kappa shape index (κ3) is 5.13. The fraction of sp³-hybridized carbons (Fsp3) is 0.438. The minimum atomic E-state index is -1.52. The molecule has 3 N–H and O–H groups in total. The van der Waals surface area contributed by atoms with Gasteiger partial charge < -0.3 is 20.7 Å². The fourth-order valence-electron chi connectivity index (χ4n) is 5.83. The lowest BCUT2D eigenvalue weighted by molar-refractivity contribution is -0.142. The van der Waals surface area contributed by atoms with Crippen LogP contribution < -0.4 is 11.1 Å². The molecule has 4 amide bonds. The molecule has 4 aliphatic rings. The molecule has 0 bridgehead atoms. The van der Waals surface area contributed by atoms with Crippen LogP contribution in [0, 0.1) is 23.6 Å². The summed E-state index contributed by atoms with van der Waals surface area (Å²) < 4.78 is 19.7. The van der Waals surface area contributed by atoms with E-state index in [4.69, 9.17) is 10.5 Å². The molecule has 1 spiro atoms. The molecule has 2 atom stereocenters. The normalized spacial score (nSPS) is 23.1. The van der Waals surface area contributed by atoms with Gasteiger partial charge in [-0.2, -0.15) is 0 Å². The molecule has 2 aliphatic carbocycles. The molecule has 9 nitrogen and oxygen atoms in total. The molecule has 2 heterocycles. The number of carbonyl (C=O) groups excluding carboxylic acids is 4. The lowest BCUT2D eigenvalue weighted by atomic mass is 9.94. The predicted molar refractivity (Wildman–Crippen MR) is 151 cm³/mol. The predicted octanol–water partition coefficient (Wildman–Crippen LogP) is 3.38. The van der Waals surface area contributed by atoms with Crippen molar-refractivity contribution in [3.05, 3.63) is 64.5 Å². The van der Waals surface area contributed by atoms with Crippen LogP contribution in [0.2, 0.25) is 0 Å². The highest BCUT2D eigenvalue weighted by atomic mass is 19.1. The van der Waals surface area contributed by atoms with Gasteiger partial charge in [0, 0.05) is 30.1 Å². The van der Waals surface area contributed by atoms with Gasteiger partial charge in [-0.1, -0.05) is 24.0 Å². The summed E-state index contributed by atoms with van der Waals surface area (Å²) in [5.74, 6) is 5.11. The van der Waals surface area contributed by atoms with Crippen LogP contribution >= 0.6 is 0 Å². The molecule has 0 aromatic heterocycles. The number of hydrogen-bond acceptors (Lipinski definition) is 6. The molecule has 6 rings (SSSR count). The second kappa shape index (κ2) is 10.2. The number of rotatable bonds is 4. The number of anilines is 1. The van der Waals surface area contributed by atoms with Crippen LogP contribution in [-0.2, 0) is 44.1 Å². The number of halogens is 1. The van der Waals surface area contributed by atoms with Crippen molar-refractivity contribution in [2.45, 2.75) is 76.1 Å². The van der Waals surface area contributed by atoms with Gasteiger partial charge in [0.2, 0.25) is 17.4 Å². The molecule has 10 heteroatoms. The third-order valence-electron chi connectivity index (χ3n) is 8.42. The van der Waals surface area contributed by atoms with Crippen LogP contribution in [0.3, 0.4) is 0 Å². The molecule has 2 aliphatic heterocycles. The zero-order chi connectivity index (χ0) is 29.8. The minimum Gasteiger partial charge on any atom is -0.427 e. The summed E-state index contributed by atoms with van der Waals surface area (Å²) in [5.41, 5.74) is 6.77. The van der Waals surface area contributed by atoms with Crippen LogP contribution in [-0.4, -0.2) is 51.7 Å². The lowest BCUT2D eigenvalue weighted by Crippen LogP contribution is -2.47. The molecule has 42 heavy (non-hydrogen) atoms. The first-order chi connectivity index (χ1) is 19.9. The molecule has 218 valence electrons. The Morgan fingerprint density at radius 3 is 2.60 bits per heavy atom. The topological polar surface area (TPSA) is 122 Å². The Morgan fingerprint density at radius 1 is 1.07 bits per heavy atom. The SMILES string of the molecule is CC(C)(N)C(=O)Nc1ccc2c(c1)CC[C@]21OC(=O)N(CC(=O)N2Cc3ccc(F)cc3CCC2C#CC2CC2)C1=O. The molecular formula is C32H33FN4O5. The number of carbonyl (C=O) groups is 4. The lowest BCUT2D eigenvalue weighted by Gasteiger charge is -2.28. The van der Waals surface area contributed by atoms with Gasteiger partial charge in [0.15, 0.2) is 0 Å². The van der Waals surface area contributed by atoms with Gasteiger partial charge >= 0.3 is 6.09 Å². The maximum atomic E-state index is 13.9. The number of nitrogens with two attached hydrogens (primary N) is 1. The summed E-state index contributed by atoms with van der Waals surface area (Å²) in [6, 6.07) is 9.18. The van der Waals surface area contributed by atoms with Crippen LogP contribution in [0.5, 0.6) is 0 Å². The van der Waals surface area contributed by atoms with Crippen molar-refractivity contribution >= 4 is 29.5 Å². The smallest absolute Gasteiger partial charge is 0.418 e.